The molecule has 1 amide bonds. The number of rotatable bonds is 5. The summed E-state index contributed by atoms with van der Waals surface area (Å²) in [6, 6.07) is 3.19. The van der Waals surface area contributed by atoms with Gasteiger partial charge in [0.2, 0.25) is 5.91 Å². The average Bonchev–Trinajstić information content (AvgIpc) is 2.24. The third kappa shape index (κ3) is 3.86. The summed E-state index contributed by atoms with van der Waals surface area (Å²) in [5.74, 6) is -0.0143. The topological polar surface area (TPSA) is 74.2 Å². The van der Waals surface area contributed by atoms with Crippen LogP contribution in [0.25, 0.3) is 0 Å². The first-order valence-electron chi connectivity index (χ1n) is 5.30. The monoisotopic (exact) mass is 223 g/mol. The van der Waals surface area contributed by atoms with Gasteiger partial charge in [-0.3, -0.25) is 4.79 Å². The Labute approximate surface area is 94.9 Å². The molecule has 1 aromatic heterocycles. The van der Waals surface area contributed by atoms with Gasteiger partial charge >= 0.3 is 0 Å². The first-order valence-corrected chi connectivity index (χ1v) is 5.30. The lowest BCUT2D eigenvalue weighted by Crippen LogP contribution is -2.28. The number of amides is 1. The minimum Gasteiger partial charge on any atom is -0.504 e. The van der Waals surface area contributed by atoms with Gasteiger partial charge in [0, 0.05) is 5.69 Å². The molecule has 0 saturated carbocycles. The van der Waals surface area contributed by atoms with E-state index in [9.17, 15) is 9.90 Å². The van der Waals surface area contributed by atoms with E-state index in [4.69, 9.17) is 0 Å². The molecule has 0 radical (unpaired) electrons. The average molecular weight is 223 g/mol. The molecular formula is C11H17N3O2. The number of aromatic hydroxyl groups is 1. The number of aromatic nitrogens is 1. The maximum Gasteiger partial charge on any atom is 0.239 e. The highest BCUT2D eigenvalue weighted by atomic mass is 16.3. The zero-order chi connectivity index (χ0) is 12.0. The second-order valence-corrected chi connectivity index (χ2v) is 3.55. The SMILES string of the molecule is CCCNCC(=O)Nc1nc(C)ccc1O. The molecule has 0 aliphatic heterocycles. The molecule has 5 heteroatoms. The number of hydrogen-bond donors (Lipinski definition) is 3. The highest BCUT2D eigenvalue weighted by Gasteiger charge is 2.07. The fourth-order valence-corrected chi connectivity index (χ4v) is 1.20. The Kier molecular flexibility index (Phi) is 4.72. The van der Waals surface area contributed by atoms with E-state index in [1.54, 1.807) is 13.0 Å². The fraction of sp³-hybridized carbons (Fsp3) is 0.455. The summed E-state index contributed by atoms with van der Waals surface area (Å²) in [6.07, 6.45) is 0.973. The predicted octanol–water partition coefficient (Wildman–Crippen LogP) is 1.03. The maximum absolute atomic E-state index is 11.4. The molecule has 3 N–H and O–H groups in total. The molecule has 0 bridgehead atoms. The number of hydrogen-bond acceptors (Lipinski definition) is 4. The van der Waals surface area contributed by atoms with Crippen molar-refractivity contribution >= 4 is 11.7 Å². The first kappa shape index (κ1) is 12.4. The largest absolute Gasteiger partial charge is 0.504 e. The molecule has 88 valence electrons. The standard InChI is InChI=1S/C11H17N3O2/c1-3-6-12-7-10(16)14-11-9(15)5-4-8(2)13-11/h4-5,12,15H,3,6-7H2,1-2H3,(H,13,14,16). The molecule has 16 heavy (non-hydrogen) atoms. The van der Waals surface area contributed by atoms with Crippen molar-refractivity contribution in [2.24, 2.45) is 0 Å². The van der Waals surface area contributed by atoms with Crippen molar-refractivity contribution in [1.29, 1.82) is 0 Å². The zero-order valence-corrected chi connectivity index (χ0v) is 9.58. The number of aryl methyl sites for hydroxylation is 1. The Balaban J connectivity index is 2.52. The Hall–Kier alpha value is -1.62. The number of anilines is 1. The summed E-state index contributed by atoms with van der Waals surface area (Å²) >= 11 is 0. The van der Waals surface area contributed by atoms with Gasteiger partial charge < -0.3 is 15.7 Å². The summed E-state index contributed by atoms with van der Waals surface area (Å²) in [5.41, 5.74) is 0.745. The fourth-order valence-electron chi connectivity index (χ4n) is 1.20. The molecule has 0 aromatic carbocycles. The van der Waals surface area contributed by atoms with Crippen LogP contribution in [0.3, 0.4) is 0 Å². The molecule has 1 rings (SSSR count). The van der Waals surface area contributed by atoms with Gasteiger partial charge in [0.1, 0.15) is 0 Å². The smallest absolute Gasteiger partial charge is 0.239 e. The van der Waals surface area contributed by atoms with Crippen LogP contribution in [0.1, 0.15) is 19.0 Å². The summed E-state index contributed by atoms with van der Waals surface area (Å²) in [5, 5.41) is 15.0. The minimum absolute atomic E-state index is 0.0190. The van der Waals surface area contributed by atoms with Gasteiger partial charge in [-0.25, -0.2) is 4.98 Å². The van der Waals surface area contributed by atoms with Crippen LogP contribution in [-0.4, -0.2) is 29.1 Å². The highest BCUT2D eigenvalue weighted by Crippen LogP contribution is 2.19. The van der Waals surface area contributed by atoms with Crippen molar-refractivity contribution in [3.8, 4) is 5.75 Å². The van der Waals surface area contributed by atoms with Crippen LogP contribution in [-0.2, 0) is 4.79 Å². The van der Waals surface area contributed by atoms with Crippen LogP contribution in [0.15, 0.2) is 12.1 Å². The van der Waals surface area contributed by atoms with Crippen molar-refractivity contribution < 1.29 is 9.90 Å². The molecule has 0 spiro atoms. The van der Waals surface area contributed by atoms with E-state index < -0.39 is 0 Å². The molecule has 5 nitrogen and oxygen atoms in total. The quantitative estimate of drug-likeness (QED) is 0.652. The molecule has 0 atom stereocenters. The van der Waals surface area contributed by atoms with Crippen LogP contribution >= 0.6 is 0 Å². The number of pyridine rings is 1. The van der Waals surface area contributed by atoms with Gasteiger partial charge in [-0.05, 0) is 32.0 Å². The lowest BCUT2D eigenvalue weighted by atomic mass is 10.3. The zero-order valence-electron chi connectivity index (χ0n) is 9.58. The lowest BCUT2D eigenvalue weighted by molar-refractivity contribution is -0.115. The van der Waals surface area contributed by atoms with E-state index in [0.29, 0.717) is 0 Å². The first-order chi connectivity index (χ1) is 7.63. The Morgan fingerprint density at radius 1 is 1.50 bits per heavy atom. The third-order valence-corrected chi connectivity index (χ3v) is 1.98. The van der Waals surface area contributed by atoms with E-state index in [0.717, 1.165) is 18.7 Å². The predicted molar refractivity (Wildman–Crippen MR) is 62.4 cm³/mol. The van der Waals surface area contributed by atoms with Crippen molar-refractivity contribution in [1.82, 2.24) is 10.3 Å². The van der Waals surface area contributed by atoms with Gasteiger partial charge in [-0.2, -0.15) is 0 Å². The Morgan fingerprint density at radius 2 is 2.25 bits per heavy atom. The van der Waals surface area contributed by atoms with E-state index in [1.165, 1.54) is 6.07 Å². The maximum atomic E-state index is 11.4. The number of nitrogens with one attached hydrogen (secondary N) is 2. The molecule has 1 heterocycles. The van der Waals surface area contributed by atoms with Crippen LogP contribution in [0.2, 0.25) is 0 Å². The Morgan fingerprint density at radius 3 is 2.94 bits per heavy atom. The second kappa shape index (κ2) is 6.07. The van der Waals surface area contributed by atoms with Crippen molar-refractivity contribution in [2.75, 3.05) is 18.4 Å². The summed E-state index contributed by atoms with van der Waals surface area (Å²) in [6.45, 7) is 4.84. The van der Waals surface area contributed by atoms with Gasteiger partial charge in [0.25, 0.3) is 0 Å². The molecule has 0 fully saturated rings. The third-order valence-electron chi connectivity index (χ3n) is 1.98. The van der Waals surface area contributed by atoms with Crippen molar-refractivity contribution in [3.05, 3.63) is 17.8 Å². The minimum atomic E-state index is -0.207. The van der Waals surface area contributed by atoms with Gasteiger partial charge in [0.15, 0.2) is 11.6 Å². The second-order valence-electron chi connectivity index (χ2n) is 3.55. The molecule has 0 aliphatic rings. The van der Waals surface area contributed by atoms with Gasteiger partial charge in [-0.1, -0.05) is 6.92 Å². The lowest BCUT2D eigenvalue weighted by Gasteiger charge is -2.07. The summed E-state index contributed by atoms with van der Waals surface area (Å²) in [7, 11) is 0. The summed E-state index contributed by atoms with van der Waals surface area (Å²) < 4.78 is 0. The van der Waals surface area contributed by atoms with Crippen LogP contribution in [0, 0.1) is 6.92 Å². The number of nitrogens with zero attached hydrogens (tertiary/aromatic N) is 1. The van der Waals surface area contributed by atoms with Crippen molar-refractivity contribution in [3.63, 3.8) is 0 Å². The Bertz CT molecular complexity index is 366. The van der Waals surface area contributed by atoms with E-state index in [-0.39, 0.29) is 24.0 Å². The van der Waals surface area contributed by atoms with Crippen LogP contribution in [0.5, 0.6) is 5.75 Å². The normalized spacial score (nSPS) is 10.1. The van der Waals surface area contributed by atoms with E-state index in [1.807, 2.05) is 6.92 Å². The highest BCUT2D eigenvalue weighted by molar-refractivity contribution is 5.92. The van der Waals surface area contributed by atoms with Crippen LogP contribution < -0.4 is 10.6 Å². The number of carbonyl (C=O) groups excluding carboxylic acids is 1. The van der Waals surface area contributed by atoms with Gasteiger partial charge in [0.05, 0.1) is 6.54 Å². The molecule has 0 aliphatic carbocycles. The molecule has 0 unspecified atom stereocenters. The number of carbonyl (C=O) groups is 1. The molecule has 0 saturated heterocycles. The van der Waals surface area contributed by atoms with Gasteiger partial charge in [-0.15, -0.1) is 0 Å². The molecular weight excluding hydrogens is 206 g/mol. The summed E-state index contributed by atoms with van der Waals surface area (Å²) in [4.78, 5) is 15.5. The molecule has 1 aromatic rings. The van der Waals surface area contributed by atoms with E-state index in [2.05, 4.69) is 15.6 Å². The van der Waals surface area contributed by atoms with Crippen LogP contribution in [0.4, 0.5) is 5.82 Å². The van der Waals surface area contributed by atoms with E-state index >= 15 is 0 Å². The van der Waals surface area contributed by atoms with Crippen molar-refractivity contribution in [2.45, 2.75) is 20.3 Å².